The summed E-state index contributed by atoms with van der Waals surface area (Å²) in [5.41, 5.74) is 6.80. The zero-order valence-corrected chi connectivity index (χ0v) is 19.3. The number of hydrogen-bond acceptors (Lipinski definition) is 6. The summed E-state index contributed by atoms with van der Waals surface area (Å²) in [5.74, 6) is 0.916. The predicted octanol–water partition coefficient (Wildman–Crippen LogP) is 5.66. The number of fused-ring (bicyclic) bond motifs is 1. The van der Waals surface area contributed by atoms with E-state index in [1.165, 1.54) is 18.1 Å². The fraction of sp³-hybridized carbons (Fsp3) is 0.722. The van der Waals surface area contributed by atoms with Crippen LogP contribution in [0.3, 0.4) is 0 Å². The number of rotatable bonds is 13. The number of imidazole rings is 1. The van der Waals surface area contributed by atoms with Crippen LogP contribution in [0.15, 0.2) is 11.4 Å². The molecule has 0 atom stereocenters. The van der Waals surface area contributed by atoms with Gasteiger partial charge in [0.2, 0.25) is 5.95 Å². The molecule has 0 bridgehead atoms. The van der Waals surface area contributed by atoms with E-state index in [1.807, 2.05) is 0 Å². The van der Waals surface area contributed by atoms with E-state index in [1.54, 1.807) is 4.57 Å². The number of nitrogens with two attached hydrogens (primary N) is 1. The van der Waals surface area contributed by atoms with Gasteiger partial charge in [0.15, 0.2) is 5.65 Å². The number of hydrogen-bond donors (Lipinski definition) is 1. The van der Waals surface area contributed by atoms with E-state index in [0.29, 0.717) is 16.2 Å². The molecule has 182 valence electrons. The summed E-state index contributed by atoms with van der Waals surface area (Å²) in [5, 5.41) is 0.641. The maximum atomic E-state index is 12.6. The molecule has 2 N–H and O–H groups in total. The maximum Gasteiger partial charge on any atom is 0.392 e. The van der Waals surface area contributed by atoms with Gasteiger partial charge in [-0.1, -0.05) is 34.1 Å². The lowest BCUT2D eigenvalue weighted by molar-refractivity contribution is -0.112. The second-order valence-electron chi connectivity index (χ2n) is 7.16. The molecular weight excluding hydrogens is 479 g/mol. The van der Waals surface area contributed by atoms with Crippen molar-refractivity contribution in [3.8, 4) is 0 Å². The Morgan fingerprint density at radius 1 is 1.06 bits per heavy atom. The van der Waals surface area contributed by atoms with Gasteiger partial charge in [-0.15, -0.1) is 11.8 Å². The second-order valence-corrected chi connectivity index (χ2v) is 10.5. The number of nitrogen functional groups attached to an aromatic ring is 1. The molecule has 0 radical (unpaired) electrons. The van der Waals surface area contributed by atoms with Gasteiger partial charge >= 0.3 is 12.4 Å². The Balaban J connectivity index is 1.95. The van der Waals surface area contributed by atoms with Gasteiger partial charge in [-0.25, -0.2) is 9.97 Å². The maximum absolute atomic E-state index is 12.6. The third kappa shape index (κ3) is 9.66. The molecule has 2 heterocycles. The Labute approximate surface area is 187 Å². The molecule has 2 aromatic rings. The molecule has 6 nitrogen and oxygen atoms in total. The first-order valence-corrected chi connectivity index (χ1v) is 12.9. The van der Waals surface area contributed by atoms with Crippen LogP contribution in [0.5, 0.6) is 0 Å². The molecule has 0 saturated carbocycles. The Bertz CT molecular complexity index is 832. The molecule has 2 rings (SSSR count). The number of aromatic nitrogens is 4. The summed E-state index contributed by atoms with van der Waals surface area (Å²) in [4.78, 5) is 12.7. The Kier molecular flexibility index (Phi) is 10.3. The quantitative estimate of drug-likeness (QED) is 0.124. The number of unbranched alkanes of at least 4 members (excludes halogenated alkanes) is 3. The topological polar surface area (TPSA) is 78.9 Å². The van der Waals surface area contributed by atoms with Crippen molar-refractivity contribution >= 4 is 36.8 Å². The highest BCUT2D eigenvalue weighted by atomic mass is 32.2. The number of alkyl halides is 6. The van der Waals surface area contributed by atoms with E-state index in [-0.39, 0.29) is 19.1 Å². The highest BCUT2D eigenvalue weighted by molar-refractivity contribution is 7.99. The van der Waals surface area contributed by atoms with Gasteiger partial charge in [0.25, 0.3) is 0 Å². The first kappa shape index (κ1) is 26.9. The number of anilines is 1. The molecule has 0 fully saturated rings. The van der Waals surface area contributed by atoms with E-state index in [9.17, 15) is 26.3 Å². The van der Waals surface area contributed by atoms with Gasteiger partial charge in [0, 0.05) is 6.54 Å². The predicted molar refractivity (Wildman–Crippen MR) is 114 cm³/mol. The van der Waals surface area contributed by atoms with Gasteiger partial charge in [0.05, 0.1) is 31.6 Å². The van der Waals surface area contributed by atoms with Gasteiger partial charge in [-0.05, 0) is 12.2 Å². The summed E-state index contributed by atoms with van der Waals surface area (Å²) >= 11 is 1.52. The number of halogens is 6. The van der Waals surface area contributed by atoms with Crippen molar-refractivity contribution in [3.05, 3.63) is 6.33 Å². The number of ether oxygens (including phenoxy) is 1. The van der Waals surface area contributed by atoms with Crippen LogP contribution in [0.25, 0.3) is 11.2 Å². The highest BCUT2D eigenvalue weighted by Gasteiger charge is 2.38. The van der Waals surface area contributed by atoms with E-state index < -0.39 is 38.9 Å². The lowest BCUT2D eigenvalue weighted by Crippen LogP contribution is -2.22. The molecule has 0 amide bonds. The standard InChI is InChI=1S/C18H26F6N5OPS/c1-2-3-4-5-8-32-15-13-14(27-16(25)28-15)29(11-26-13)6-7-30-12-31(9-17(19,20)21)10-18(22,23)24/h11H,2-10,12H2,1H3,(H2,25,27,28). The SMILES string of the molecule is CCCCCCSc1nc(N)nc2c1ncn2CCOCP(CC(F)(F)F)CC(F)(F)F. The van der Waals surface area contributed by atoms with Gasteiger partial charge in [-0.3, -0.25) is 0 Å². The van der Waals surface area contributed by atoms with Crippen LogP contribution in [-0.4, -0.2) is 62.9 Å². The van der Waals surface area contributed by atoms with E-state index in [4.69, 9.17) is 10.5 Å². The average molecular weight is 505 g/mol. The molecule has 0 unspecified atom stereocenters. The highest BCUT2D eigenvalue weighted by Crippen LogP contribution is 2.45. The summed E-state index contributed by atoms with van der Waals surface area (Å²) in [7, 11) is -2.41. The van der Waals surface area contributed by atoms with Crippen LogP contribution in [0.1, 0.15) is 32.6 Å². The van der Waals surface area contributed by atoms with Gasteiger partial charge in [0.1, 0.15) is 10.5 Å². The zero-order valence-electron chi connectivity index (χ0n) is 17.5. The molecule has 0 aliphatic carbocycles. The lowest BCUT2D eigenvalue weighted by Gasteiger charge is -2.20. The Morgan fingerprint density at radius 2 is 1.75 bits per heavy atom. The molecule has 0 aliphatic heterocycles. The van der Waals surface area contributed by atoms with E-state index in [0.717, 1.165) is 31.4 Å². The van der Waals surface area contributed by atoms with Crippen LogP contribution in [0.2, 0.25) is 0 Å². The van der Waals surface area contributed by atoms with Gasteiger partial charge in [-0.2, -0.15) is 31.3 Å². The first-order valence-electron chi connectivity index (χ1n) is 10.0. The van der Waals surface area contributed by atoms with Crippen LogP contribution >= 0.6 is 19.7 Å². The normalized spacial score (nSPS) is 12.9. The third-order valence-corrected chi connectivity index (χ3v) is 7.45. The minimum absolute atomic E-state index is 0.0649. The van der Waals surface area contributed by atoms with Crippen molar-refractivity contribution in [1.82, 2.24) is 19.5 Å². The van der Waals surface area contributed by atoms with Crippen LogP contribution in [0.4, 0.5) is 32.3 Å². The number of thioether (sulfide) groups is 1. The summed E-state index contributed by atoms with van der Waals surface area (Å²) in [6, 6.07) is 0. The van der Waals surface area contributed by atoms with Crippen LogP contribution < -0.4 is 5.73 Å². The lowest BCUT2D eigenvalue weighted by atomic mass is 10.2. The Hall–Kier alpha value is -1.33. The molecule has 0 aliphatic rings. The Morgan fingerprint density at radius 3 is 2.38 bits per heavy atom. The van der Waals surface area contributed by atoms with E-state index >= 15 is 0 Å². The molecule has 0 saturated heterocycles. The third-order valence-electron chi connectivity index (χ3n) is 4.24. The first-order chi connectivity index (χ1) is 15.0. The smallest absolute Gasteiger partial charge is 0.375 e. The largest absolute Gasteiger partial charge is 0.392 e. The summed E-state index contributed by atoms with van der Waals surface area (Å²) < 4.78 is 82.2. The molecule has 14 heteroatoms. The van der Waals surface area contributed by atoms with E-state index in [2.05, 4.69) is 21.9 Å². The number of nitrogens with zero attached hydrogens (tertiary/aromatic N) is 4. The monoisotopic (exact) mass is 505 g/mol. The van der Waals surface area contributed by atoms with Crippen molar-refractivity contribution in [1.29, 1.82) is 0 Å². The molecule has 2 aromatic heterocycles. The van der Waals surface area contributed by atoms with Crippen molar-refractivity contribution in [3.63, 3.8) is 0 Å². The molecule has 0 spiro atoms. The van der Waals surface area contributed by atoms with Crippen molar-refractivity contribution in [2.24, 2.45) is 0 Å². The average Bonchev–Trinajstić information content (AvgIpc) is 3.05. The molecular formula is C18H26F6N5OPS. The summed E-state index contributed by atoms with van der Waals surface area (Å²) in [6.07, 6.45) is -6.98. The van der Waals surface area contributed by atoms with Gasteiger partial charge < -0.3 is 15.0 Å². The van der Waals surface area contributed by atoms with Crippen LogP contribution in [-0.2, 0) is 11.3 Å². The second kappa shape index (κ2) is 12.2. The van der Waals surface area contributed by atoms with Crippen molar-refractivity contribution in [2.45, 2.75) is 56.5 Å². The minimum Gasteiger partial charge on any atom is -0.375 e. The minimum atomic E-state index is -4.67. The van der Waals surface area contributed by atoms with Crippen molar-refractivity contribution in [2.75, 3.05) is 36.8 Å². The summed E-state index contributed by atoms with van der Waals surface area (Å²) in [6.45, 7) is 2.21. The molecule has 32 heavy (non-hydrogen) atoms. The zero-order chi connectivity index (χ0) is 23.8. The molecule has 0 aromatic carbocycles. The fourth-order valence-corrected chi connectivity index (χ4v) is 5.58. The van der Waals surface area contributed by atoms with Crippen molar-refractivity contribution < 1.29 is 31.1 Å². The fourth-order valence-electron chi connectivity index (χ4n) is 2.91. The van der Waals surface area contributed by atoms with Crippen LogP contribution in [0, 0.1) is 0 Å².